The average molecular weight is 246 g/mol. The third-order valence-corrected chi connectivity index (χ3v) is 3.68. The van der Waals surface area contributed by atoms with Crippen LogP contribution in [0.4, 0.5) is 0 Å². The number of carboxylic acids is 1. The van der Waals surface area contributed by atoms with E-state index in [1.807, 2.05) is 16.7 Å². The Morgan fingerprint density at radius 3 is 2.62 bits per heavy atom. The first-order valence-electron chi connectivity index (χ1n) is 5.96. The van der Waals surface area contributed by atoms with Crippen molar-refractivity contribution in [1.82, 2.24) is 9.80 Å². The predicted molar refractivity (Wildman–Crippen MR) is 68.1 cm³/mol. The van der Waals surface area contributed by atoms with Gasteiger partial charge in [0.15, 0.2) is 0 Å². The molecular weight excluding hydrogens is 224 g/mol. The van der Waals surface area contributed by atoms with Crippen molar-refractivity contribution in [2.75, 3.05) is 50.8 Å². The lowest BCUT2D eigenvalue weighted by atomic mass is 10.4. The Morgan fingerprint density at radius 1 is 1.25 bits per heavy atom. The maximum atomic E-state index is 10.6. The molecule has 0 bridgehead atoms. The monoisotopic (exact) mass is 246 g/mol. The van der Waals surface area contributed by atoms with E-state index in [0.29, 0.717) is 0 Å². The Balaban J connectivity index is 2.20. The number of carbonyl (C=O) groups is 1. The topological polar surface area (TPSA) is 43.8 Å². The zero-order chi connectivity index (χ0) is 11.8. The summed E-state index contributed by atoms with van der Waals surface area (Å²) in [5.41, 5.74) is 0. The molecule has 1 fully saturated rings. The number of rotatable bonds is 6. The SMILES string of the molecule is CCSCCN1CCCN(CC(=O)O)CC1. The van der Waals surface area contributed by atoms with Crippen LogP contribution in [-0.2, 0) is 4.79 Å². The van der Waals surface area contributed by atoms with Crippen LogP contribution >= 0.6 is 11.8 Å². The molecule has 5 heteroatoms. The van der Waals surface area contributed by atoms with E-state index in [9.17, 15) is 4.79 Å². The summed E-state index contributed by atoms with van der Waals surface area (Å²) in [6.45, 7) is 7.45. The van der Waals surface area contributed by atoms with Crippen LogP contribution in [-0.4, -0.2) is 71.6 Å². The standard InChI is InChI=1S/C11H22N2O2S/c1-2-16-9-8-12-4-3-5-13(7-6-12)10-11(14)15/h2-10H2,1H3,(H,14,15). The normalized spacial score (nSPS) is 19.6. The number of nitrogens with zero attached hydrogens (tertiary/aromatic N) is 2. The van der Waals surface area contributed by atoms with E-state index >= 15 is 0 Å². The van der Waals surface area contributed by atoms with Crippen molar-refractivity contribution >= 4 is 17.7 Å². The highest BCUT2D eigenvalue weighted by atomic mass is 32.2. The van der Waals surface area contributed by atoms with Gasteiger partial charge in [-0.05, 0) is 18.7 Å². The van der Waals surface area contributed by atoms with Gasteiger partial charge in [0.25, 0.3) is 0 Å². The molecular formula is C11H22N2O2S. The summed E-state index contributed by atoms with van der Waals surface area (Å²) in [6.07, 6.45) is 1.09. The third-order valence-electron chi connectivity index (χ3n) is 2.80. The highest BCUT2D eigenvalue weighted by Gasteiger charge is 2.15. The molecule has 0 aromatic heterocycles. The highest BCUT2D eigenvalue weighted by Crippen LogP contribution is 2.05. The van der Waals surface area contributed by atoms with Gasteiger partial charge in [-0.2, -0.15) is 11.8 Å². The molecule has 0 spiro atoms. The fraction of sp³-hybridized carbons (Fsp3) is 0.909. The average Bonchev–Trinajstić information content (AvgIpc) is 2.44. The molecule has 0 amide bonds. The van der Waals surface area contributed by atoms with Gasteiger partial charge >= 0.3 is 5.97 Å². The van der Waals surface area contributed by atoms with Crippen LogP contribution < -0.4 is 0 Å². The van der Waals surface area contributed by atoms with Gasteiger partial charge in [0.05, 0.1) is 6.54 Å². The number of thioether (sulfide) groups is 1. The Bertz CT molecular complexity index is 214. The number of hydrogen-bond acceptors (Lipinski definition) is 4. The van der Waals surface area contributed by atoms with Crippen molar-refractivity contribution in [3.8, 4) is 0 Å². The second-order valence-electron chi connectivity index (χ2n) is 4.06. The fourth-order valence-electron chi connectivity index (χ4n) is 1.94. The van der Waals surface area contributed by atoms with Gasteiger partial charge in [0.2, 0.25) is 0 Å². The van der Waals surface area contributed by atoms with Gasteiger partial charge in [-0.1, -0.05) is 6.92 Å². The van der Waals surface area contributed by atoms with E-state index in [1.165, 1.54) is 11.5 Å². The van der Waals surface area contributed by atoms with Crippen molar-refractivity contribution in [2.24, 2.45) is 0 Å². The lowest BCUT2D eigenvalue weighted by Crippen LogP contribution is -2.34. The van der Waals surface area contributed by atoms with Crippen LogP contribution in [0.1, 0.15) is 13.3 Å². The Morgan fingerprint density at radius 2 is 1.94 bits per heavy atom. The lowest BCUT2D eigenvalue weighted by molar-refractivity contribution is -0.138. The molecule has 1 N–H and O–H groups in total. The molecule has 4 nitrogen and oxygen atoms in total. The van der Waals surface area contributed by atoms with Gasteiger partial charge in [-0.25, -0.2) is 0 Å². The largest absolute Gasteiger partial charge is 0.480 e. The first-order valence-corrected chi connectivity index (χ1v) is 7.12. The molecule has 0 aliphatic carbocycles. The van der Waals surface area contributed by atoms with E-state index in [4.69, 9.17) is 5.11 Å². The van der Waals surface area contributed by atoms with Gasteiger partial charge in [0.1, 0.15) is 0 Å². The summed E-state index contributed by atoms with van der Waals surface area (Å²) < 4.78 is 0. The van der Waals surface area contributed by atoms with Crippen molar-refractivity contribution in [3.05, 3.63) is 0 Å². The van der Waals surface area contributed by atoms with Crippen molar-refractivity contribution in [2.45, 2.75) is 13.3 Å². The molecule has 1 saturated heterocycles. The van der Waals surface area contributed by atoms with E-state index in [2.05, 4.69) is 11.8 Å². The predicted octanol–water partition coefficient (Wildman–Crippen LogP) is 0.832. The minimum absolute atomic E-state index is 0.192. The van der Waals surface area contributed by atoms with Gasteiger partial charge in [-0.15, -0.1) is 0 Å². The summed E-state index contributed by atoms with van der Waals surface area (Å²) in [6, 6.07) is 0. The molecule has 0 unspecified atom stereocenters. The Kier molecular flexibility index (Phi) is 6.84. The number of hydrogen-bond donors (Lipinski definition) is 1. The summed E-state index contributed by atoms with van der Waals surface area (Å²) in [5, 5.41) is 8.74. The number of carboxylic acid groups (broad SMARTS) is 1. The summed E-state index contributed by atoms with van der Waals surface area (Å²) in [4.78, 5) is 15.1. The quantitative estimate of drug-likeness (QED) is 0.703. The molecule has 1 rings (SSSR count). The van der Waals surface area contributed by atoms with E-state index in [0.717, 1.165) is 39.1 Å². The van der Waals surface area contributed by atoms with Crippen LogP contribution in [0.25, 0.3) is 0 Å². The molecule has 0 saturated carbocycles. The van der Waals surface area contributed by atoms with E-state index in [1.54, 1.807) is 0 Å². The first kappa shape index (κ1) is 13.8. The van der Waals surface area contributed by atoms with E-state index in [-0.39, 0.29) is 6.54 Å². The van der Waals surface area contributed by atoms with Gasteiger partial charge < -0.3 is 10.0 Å². The number of aliphatic carboxylic acids is 1. The fourth-order valence-corrected chi connectivity index (χ4v) is 2.61. The molecule has 16 heavy (non-hydrogen) atoms. The van der Waals surface area contributed by atoms with Crippen LogP contribution in [0.15, 0.2) is 0 Å². The van der Waals surface area contributed by atoms with Gasteiger partial charge in [0, 0.05) is 31.9 Å². The second-order valence-corrected chi connectivity index (χ2v) is 5.46. The smallest absolute Gasteiger partial charge is 0.317 e. The Labute approximate surface area is 102 Å². The molecule has 1 heterocycles. The zero-order valence-corrected chi connectivity index (χ0v) is 10.8. The summed E-state index contributed by atoms with van der Waals surface area (Å²) >= 11 is 1.97. The van der Waals surface area contributed by atoms with Crippen molar-refractivity contribution in [1.29, 1.82) is 0 Å². The lowest BCUT2D eigenvalue weighted by Gasteiger charge is -2.20. The van der Waals surface area contributed by atoms with Crippen molar-refractivity contribution < 1.29 is 9.90 Å². The molecule has 0 aromatic rings. The highest BCUT2D eigenvalue weighted by molar-refractivity contribution is 7.99. The minimum Gasteiger partial charge on any atom is -0.480 e. The van der Waals surface area contributed by atoms with Crippen LogP contribution in [0.5, 0.6) is 0 Å². The van der Waals surface area contributed by atoms with E-state index < -0.39 is 5.97 Å². The molecule has 0 atom stereocenters. The van der Waals surface area contributed by atoms with Crippen LogP contribution in [0, 0.1) is 0 Å². The summed E-state index contributed by atoms with van der Waals surface area (Å²) in [7, 11) is 0. The van der Waals surface area contributed by atoms with Gasteiger partial charge in [-0.3, -0.25) is 9.69 Å². The van der Waals surface area contributed by atoms with Crippen LogP contribution in [0.2, 0.25) is 0 Å². The maximum Gasteiger partial charge on any atom is 0.317 e. The Hall–Kier alpha value is -0.260. The molecule has 1 aliphatic heterocycles. The molecule has 0 radical (unpaired) electrons. The summed E-state index contributed by atoms with van der Waals surface area (Å²) in [5.74, 6) is 1.66. The first-order chi connectivity index (χ1) is 7.72. The molecule has 0 aromatic carbocycles. The molecule has 94 valence electrons. The third kappa shape index (κ3) is 5.72. The van der Waals surface area contributed by atoms with Crippen LogP contribution in [0.3, 0.4) is 0 Å². The molecule has 1 aliphatic rings. The zero-order valence-electron chi connectivity index (χ0n) is 10.0. The van der Waals surface area contributed by atoms with Crippen molar-refractivity contribution in [3.63, 3.8) is 0 Å². The second kappa shape index (κ2) is 7.92. The minimum atomic E-state index is -0.713. The maximum absolute atomic E-state index is 10.6.